The molecule has 7 nitrogen and oxygen atoms in total. The molecule has 33 heavy (non-hydrogen) atoms. The molecule has 1 aromatic heterocycles. The summed E-state index contributed by atoms with van der Waals surface area (Å²) in [4.78, 5) is 27.7. The first kappa shape index (κ1) is 25.0. The van der Waals surface area contributed by atoms with E-state index in [2.05, 4.69) is 5.32 Å². The zero-order chi connectivity index (χ0) is 24.1. The number of methoxy groups -OCH3 is 1. The molecule has 1 aliphatic rings. The Hall–Kier alpha value is -2.64. The Balaban J connectivity index is 2.03. The minimum Gasteiger partial charge on any atom is -0.385 e. The molecule has 1 saturated heterocycles. The topological polar surface area (TPSA) is 87.4 Å². The van der Waals surface area contributed by atoms with E-state index in [-0.39, 0.29) is 11.5 Å². The second-order valence-electron chi connectivity index (χ2n) is 7.36. The zero-order valence-electron chi connectivity index (χ0n) is 18.5. The number of thiocarbonyl (C=S) groups is 1. The first-order valence-corrected chi connectivity index (χ1v) is 11.8. The lowest BCUT2D eigenvalue weighted by molar-refractivity contribution is -0.122. The van der Waals surface area contributed by atoms with E-state index in [1.54, 1.807) is 38.1 Å². The van der Waals surface area contributed by atoms with Gasteiger partial charge in [0, 0.05) is 44.4 Å². The van der Waals surface area contributed by atoms with Crippen LogP contribution in [0.5, 0.6) is 0 Å². The van der Waals surface area contributed by atoms with Gasteiger partial charge in [0.2, 0.25) is 0 Å². The van der Waals surface area contributed by atoms with Gasteiger partial charge >= 0.3 is 0 Å². The highest BCUT2D eigenvalue weighted by molar-refractivity contribution is 8.26. The van der Waals surface area contributed by atoms with E-state index in [1.165, 1.54) is 16.3 Å². The second-order valence-corrected chi connectivity index (χ2v) is 9.45. The van der Waals surface area contributed by atoms with Crippen LogP contribution in [0.3, 0.4) is 0 Å². The molecule has 0 atom stereocenters. The van der Waals surface area contributed by atoms with Gasteiger partial charge in [-0.15, -0.1) is 0 Å². The highest BCUT2D eigenvalue weighted by Gasteiger charge is 2.32. The molecule has 0 spiro atoms. The van der Waals surface area contributed by atoms with Gasteiger partial charge in [0.25, 0.3) is 11.5 Å². The molecular formula is C23H23ClN4O3S2. The van der Waals surface area contributed by atoms with Crippen LogP contribution in [-0.2, 0) is 23.1 Å². The largest absolute Gasteiger partial charge is 0.385 e. The number of aromatic nitrogens is 1. The third-order valence-corrected chi connectivity index (χ3v) is 7.03. The lowest BCUT2D eigenvalue weighted by atomic mass is 10.0. The average Bonchev–Trinajstić information content (AvgIpc) is 3.06. The lowest BCUT2D eigenvalue weighted by Gasteiger charge is -2.18. The molecule has 3 rings (SSSR count). The summed E-state index contributed by atoms with van der Waals surface area (Å²) in [6.45, 7) is 3.05. The van der Waals surface area contributed by atoms with Gasteiger partial charge in [-0.3, -0.25) is 19.1 Å². The number of hydrogen-bond donors (Lipinski definition) is 1. The number of amides is 1. The predicted octanol–water partition coefficient (Wildman–Crippen LogP) is 4.07. The van der Waals surface area contributed by atoms with Gasteiger partial charge in [0.1, 0.15) is 21.8 Å². The summed E-state index contributed by atoms with van der Waals surface area (Å²) in [6.07, 6.45) is 2.36. The van der Waals surface area contributed by atoms with Crippen LogP contribution in [-0.4, -0.2) is 40.0 Å². The van der Waals surface area contributed by atoms with Crippen LogP contribution >= 0.6 is 35.6 Å². The van der Waals surface area contributed by atoms with E-state index in [9.17, 15) is 14.9 Å². The number of carbonyl (C=O) groups is 1. The van der Waals surface area contributed by atoms with Gasteiger partial charge in [0.15, 0.2) is 0 Å². The van der Waals surface area contributed by atoms with Crippen LogP contribution in [0, 0.1) is 18.3 Å². The van der Waals surface area contributed by atoms with Gasteiger partial charge in [0.05, 0.1) is 4.91 Å². The van der Waals surface area contributed by atoms with Crippen LogP contribution in [0.25, 0.3) is 6.08 Å². The highest BCUT2D eigenvalue weighted by atomic mass is 35.5. The highest BCUT2D eigenvalue weighted by Crippen LogP contribution is 2.35. The summed E-state index contributed by atoms with van der Waals surface area (Å²) < 4.78 is 6.92. The number of nitrogens with one attached hydrogen (secondary N) is 1. The molecule has 2 heterocycles. The van der Waals surface area contributed by atoms with E-state index < -0.39 is 5.56 Å². The van der Waals surface area contributed by atoms with Gasteiger partial charge < -0.3 is 10.1 Å². The molecule has 0 bridgehead atoms. The summed E-state index contributed by atoms with van der Waals surface area (Å²) in [6, 6.07) is 9.38. The van der Waals surface area contributed by atoms with Crippen molar-refractivity contribution in [3.63, 3.8) is 0 Å². The van der Waals surface area contributed by atoms with Crippen molar-refractivity contribution in [1.82, 2.24) is 9.47 Å². The van der Waals surface area contributed by atoms with E-state index >= 15 is 0 Å². The van der Waals surface area contributed by atoms with Crippen molar-refractivity contribution in [3.8, 4) is 6.07 Å². The normalized spacial score (nSPS) is 14.8. The SMILES string of the molecule is COCCCN1C(=O)/C(=C\c2c(C)c(C#N)c(=O)n(C)c2NCc2ccccc2Cl)SC1=S. The van der Waals surface area contributed by atoms with Crippen molar-refractivity contribution in [2.45, 2.75) is 19.9 Å². The molecule has 2 aromatic rings. The molecule has 1 aromatic carbocycles. The predicted molar refractivity (Wildman–Crippen MR) is 136 cm³/mol. The number of pyridine rings is 1. The number of nitriles is 1. The Morgan fingerprint density at radius 1 is 1.33 bits per heavy atom. The second kappa shape index (κ2) is 11.0. The van der Waals surface area contributed by atoms with Crippen LogP contribution in [0.4, 0.5) is 5.82 Å². The van der Waals surface area contributed by atoms with Crippen molar-refractivity contribution in [2.24, 2.45) is 7.05 Å². The Kier molecular flexibility index (Phi) is 8.32. The van der Waals surface area contributed by atoms with Gasteiger partial charge in [-0.05, 0) is 36.6 Å². The summed E-state index contributed by atoms with van der Waals surface area (Å²) in [5, 5.41) is 13.4. The van der Waals surface area contributed by atoms with Crippen molar-refractivity contribution >= 4 is 57.7 Å². The van der Waals surface area contributed by atoms with Crippen molar-refractivity contribution in [3.05, 3.63) is 66.8 Å². The zero-order valence-corrected chi connectivity index (χ0v) is 20.9. The third-order valence-electron chi connectivity index (χ3n) is 5.28. The average molecular weight is 503 g/mol. The summed E-state index contributed by atoms with van der Waals surface area (Å²) in [5.74, 6) is 0.283. The molecule has 0 unspecified atom stereocenters. The number of ether oxygens (including phenoxy) is 1. The van der Waals surface area contributed by atoms with Gasteiger partial charge in [-0.25, -0.2) is 0 Å². The molecule has 1 amide bonds. The van der Waals surface area contributed by atoms with Crippen LogP contribution in [0.15, 0.2) is 34.0 Å². The summed E-state index contributed by atoms with van der Waals surface area (Å²) in [7, 11) is 3.20. The Bertz CT molecular complexity index is 1230. The van der Waals surface area contributed by atoms with Crippen LogP contribution in [0.2, 0.25) is 5.02 Å². The van der Waals surface area contributed by atoms with Gasteiger partial charge in [-0.2, -0.15) is 5.26 Å². The van der Waals surface area contributed by atoms with E-state index in [1.807, 2.05) is 24.3 Å². The fourth-order valence-electron chi connectivity index (χ4n) is 3.46. The number of nitrogens with zero attached hydrogens (tertiary/aromatic N) is 3. The Morgan fingerprint density at radius 3 is 2.73 bits per heavy atom. The van der Waals surface area contributed by atoms with E-state index in [0.717, 1.165) is 5.56 Å². The smallest absolute Gasteiger partial charge is 0.270 e. The minimum atomic E-state index is -0.416. The number of anilines is 1. The first-order valence-electron chi connectivity index (χ1n) is 10.1. The van der Waals surface area contributed by atoms with Crippen molar-refractivity contribution in [1.29, 1.82) is 5.26 Å². The Morgan fingerprint density at radius 2 is 2.06 bits per heavy atom. The maximum atomic E-state index is 13.0. The summed E-state index contributed by atoms with van der Waals surface area (Å²) in [5.41, 5.74) is 1.54. The van der Waals surface area contributed by atoms with E-state index in [0.29, 0.717) is 57.3 Å². The number of hydrogen-bond acceptors (Lipinski definition) is 7. The fraction of sp³-hybridized carbons (Fsp3) is 0.304. The standard InChI is InChI=1S/C23H23ClN4O3S2/c1-14-16(11-19-22(30)28(23(32)33-19)9-6-10-31-3)20(27(2)21(29)17(14)12-25)26-13-15-7-4-5-8-18(15)24/h4-5,7-8,11,26H,6,9-10,13H2,1-3H3/b19-11+. The van der Waals surface area contributed by atoms with Crippen LogP contribution < -0.4 is 10.9 Å². The summed E-state index contributed by atoms with van der Waals surface area (Å²) >= 11 is 12.9. The number of rotatable bonds is 8. The molecule has 1 aliphatic heterocycles. The lowest BCUT2D eigenvalue weighted by Crippen LogP contribution is -2.29. The molecular weight excluding hydrogens is 480 g/mol. The molecule has 0 aliphatic carbocycles. The molecule has 172 valence electrons. The molecule has 0 saturated carbocycles. The number of thioether (sulfide) groups is 1. The van der Waals surface area contributed by atoms with Crippen LogP contribution in [0.1, 0.15) is 28.7 Å². The fourth-order valence-corrected chi connectivity index (χ4v) is 4.95. The van der Waals surface area contributed by atoms with E-state index in [4.69, 9.17) is 28.6 Å². The third kappa shape index (κ3) is 5.31. The molecule has 1 fully saturated rings. The molecule has 0 radical (unpaired) electrons. The maximum Gasteiger partial charge on any atom is 0.270 e. The number of benzene rings is 1. The minimum absolute atomic E-state index is 0.0302. The molecule has 1 N–H and O–H groups in total. The molecule has 10 heteroatoms. The monoisotopic (exact) mass is 502 g/mol. The Labute approximate surface area is 207 Å². The quantitative estimate of drug-likeness (QED) is 0.331. The first-order chi connectivity index (χ1) is 15.8. The van der Waals surface area contributed by atoms with Crippen molar-refractivity contribution < 1.29 is 9.53 Å². The number of carbonyl (C=O) groups excluding carboxylic acids is 1. The maximum absolute atomic E-state index is 13.0. The van der Waals surface area contributed by atoms with Crippen molar-refractivity contribution in [2.75, 3.05) is 25.6 Å². The van der Waals surface area contributed by atoms with Gasteiger partial charge in [-0.1, -0.05) is 53.8 Å². The number of halogens is 1.